The van der Waals surface area contributed by atoms with E-state index < -0.39 is 18.5 Å². The first-order valence-corrected chi connectivity index (χ1v) is 3.65. The Hall–Kier alpha value is -1.49. The molecule has 0 aliphatic carbocycles. The van der Waals surface area contributed by atoms with E-state index in [1.54, 1.807) is 13.0 Å². The van der Waals surface area contributed by atoms with Gasteiger partial charge in [-0.05, 0) is 19.1 Å². The molecule has 4 N–H and O–H groups in total. The Morgan fingerprint density at radius 1 is 1.92 bits per heavy atom. The fraction of sp³-hybridized carbons (Fsp3) is 0.375. The molecule has 0 aromatic rings. The monoisotopic (exact) mass is 186 g/mol. The van der Waals surface area contributed by atoms with E-state index >= 15 is 0 Å². The zero-order valence-corrected chi connectivity index (χ0v) is 7.13. The number of rotatable bonds is 2. The molecule has 1 unspecified atom stereocenters. The summed E-state index contributed by atoms with van der Waals surface area (Å²) in [6, 6.07) is 0. The van der Waals surface area contributed by atoms with E-state index in [0.29, 0.717) is 0 Å². The Bertz CT molecular complexity index is 351. The topological polar surface area (TPSA) is 76.4 Å². The molecule has 0 saturated heterocycles. The lowest BCUT2D eigenvalue weighted by atomic mass is 9.99. The molecule has 1 heterocycles. The quantitative estimate of drug-likeness (QED) is 0.305. The van der Waals surface area contributed by atoms with Gasteiger partial charge in [-0.3, -0.25) is 10.2 Å². The predicted molar refractivity (Wildman–Crippen MR) is 48.1 cm³/mol. The van der Waals surface area contributed by atoms with Gasteiger partial charge in [-0.2, -0.15) is 0 Å². The summed E-state index contributed by atoms with van der Waals surface area (Å²) in [5, 5.41) is 2.64. The molecule has 1 aliphatic heterocycles. The fourth-order valence-electron chi connectivity index (χ4n) is 1.01. The minimum atomic E-state index is -2.57. The summed E-state index contributed by atoms with van der Waals surface area (Å²) in [5.74, 6) is 4.51. The highest BCUT2D eigenvalue weighted by Gasteiger charge is 2.31. The lowest BCUT2D eigenvalue weighted by molar-refractivity contribution is -0.125. The highest BCUT2D eigenvalue weighted by Crippen LogP contribution is 2.13. The van der Waals surface area contributed by atoms with Crippen LogP contribution in [0.25, 0.3) is 0 Å². The van der Waals surface area contributed by atoms with Crippen LogP contribution < -0.4 is 16.6 Å². The molecule has 0 radical (unpaired) electrons. The summed E-state index contributed by atoms with van der Waals surface area (Å²) < 4.78 is 25.4. The van der Waals surface area contributed by atoms with Gasteiger partial charge in [0.15, 0.2) is 5.88 Å². The van der Waals surface area contributed by atoms with Gasteiger partial charge in [-0.15, -0.1) is 0 Å². The molecule has 0 saturated carbocycles. The molecule has 1 aliphatic rings. The first kappa shape index (κ1) is 6.04. The van der Waals surface area contributed by atoms with Crippen molar-refractivity contribution in [3.63, 3.8) is 0 Å². The molecule has 1 atom stereocenters. The number of carbonyl (C=O) groups is 1. The van der Waals surface area contributed by atoms with Crippen molar-refractivity contribution in [2.45, 2.75) is 12.5 Å². The van der Waals surface area contributed by atoms with E-state index in [1.165, 1.54) is 12.2 Å². The van der Waals surface area contributed by atoms with Crippen LogP contribution in [0, 0.1) is 0 Å². The van der Waals surface area contributed by atoms with Crippen molar-refractivity contribution in [2.75, 3.05) is 7.04 Å². The number of allylic oxidation sites excluding steroid dienone is 2. The van der Waals surface area contributed by atoms with Crippen LogP contribution in [0.1, 0.15) is 11.0 Å². The van der Waals surface area contributed by atoms with E-state index in [0.717, 1.165) is 0 Å². The molecular formula is C8H13N3O2. The van der Waals surface area contributed by atoms with Gasteiger partial charge < -0.3 is 10.1 Å². The van der Waals surface area contributed by atoms with Gasteiger partial charge >= 0.3 is 0 Å². The van der Waals surface area contributed by atoms with Crippen LogP contribution in [0.2, 0.25) is 0 Å². The Morgan fingerprint density at radius 2 is 2.69 bits per heavy atom. The molecule has 1 amide bonds. The summed E-state index contributed by atoms with van der Waals surface area (Å²) in [7, 11) is -2.57. The van der Waals surface area contributed by atoms with Crippen LogP contribution in [0.15, 0.2) is 24.1 Å². The molecule has 72 valence electrons. The molecule has 0 fully saturated rings. The Morgan fingerprint density at radius 3 is 3.31 bits per heavy atom. The lowest BCUT2D eigenvalue weighted by Gasteiger charge is -2.29. The maximum Gasteiger partial charge on any atom is 0.263 e. The van der Waals surface area contributed by atoms with Crippen molar-refractivity contribution in [3.05, 3.63) is 24.1 Å². The molecule has 0 spiro atoms. The van der Waals surface area contributed by atoms with Crippen molar-refractivity contribution in [2.24, 2.45) is 5.84 Å². The van der Waals surface area contributed by atoms with Crippen molar-refractivity contribution in [1.29, 1.82) is 0 Å². The summed E-state index contributed by atoms with van der Waals surface area (Å²) in [6.45, 7) is 1.54. The number of hydrogen-bond acceptors (Lipinski definition) is 4. The average Bonchev–Trinajstić information content (AvgIpc) is 2.14. The van der Waals surface area contributed by atoms with Gasteiger partial charge in [0.25, 0.3) is 5.91 Å². The summed E-state index contributed by atoms with van der Waals surface area (Å²) in [4.78, 5) is 11.4. The first-order chi connectivity index (χ1) is 7.27. The maximum atomic E-state index is 11.4. The highest BCUT2D eigenvalue weighted by atomic mass is 16.5. The Balaban J connectivity index is 2.78. The number of hydrogen-bond donors (Lipinski definition) is 3. The molecule has 13 heavy (non-hydrogen) atoms. The number of ether oxygens (including phenoxy) is 1. The van der Waals surface area contributed by atoms with E-state index in [-0.39, 0.29) is 5.88 Å². The first-order valence-electron chi connectivity index (χ1n) is 5.15. The molecule has 5 heteroatoms. The second-order valence-electron chi connectivity index (χ2n) is 2.79. The van der Waals surface area contributed by atoms with E-state index in [2.05, 4.69) is 10.1 Å². The smallest absolute Gasteiger partial charge is 0.263 e. The van der Waals surface area contributed by atoms with Crippen molar-refractivity contribution < 1.29 is 13.6 Å². The number of dihydropyridines is 1. The normalized spacial score (nSPS) is 30.3. The van der Waals surface area contributed by atoms with E-state index in [4.69, 9.17) is 9.95 Å². The van der Waals surface area contributed by atoms with Gasteiger partial charge in [0.2, 0.25) is 0 Å². The summed E-state index contributed by atoms with van der Waals surface area (Å²) in [5.41, 5.74) is 0.862. The predicted octanol–water partition coefficient (Wildman–Crippen LogP) is -0.618. The SMILES string of the molecule is [2H]C([2H])([2H])OC1=CC=CC(C)(C(=O)NN)N1. The Labute approximate surface area is 80.8 Å². The number of nitrogens with one attached hydrogen (secondary N) is 2. The number of hydrazine groups is 1. The van der Waals surface area contributed by atoms with Gasteiger partial charge in [0, 0.05) is 0 Å². The van der Waals surface area contributed by atoms with Crippen LogP contribution in [0.5, 0.6) is 0 Å². The van der Waals surface area contributed by atoms with Crippen LogP contribution in [0.4, 0.5) is 0 Å². The van der Waals surface area contributed by atoms with Gasteiger partial charge in [0.1, 0.15) is 5.54 Å². The fourth-order valence-corrected chi connectivity index (χ4v) is 1.01. The summed E-state index contributed by atoms with van der Waals surface area (Å²) >= 11 is 0. The van der Waals surface area contributed by atoms with Gasteiger partial charge in [-0.25, -0.2) is 5.84 Å². The van der Waals surface area contributed by atoms with Crippen LogP contribution in [-0.4, -0.2) is 18.5 Å². The molecule has 5 nitrogen and oxygen atoms in total. The van der Waals surface area contributed by atoms with Gasteiger partial charge in [-0.1, -0.05) is 6.08 Å². The third-order valence-electron chi connectivity index (χ3n) is 1.77. The standard InChI is InChI=1S/C8H13N3O2/c1-8(7(12)11-9)5-3-4-6(10-8)13-2/h3-5,10H,9H2,1-2H3,(H,11,12)/i2D3. The zero-order chi connectivity index (χ0) is 12.4. The lowest BCUT2D eigenvalue weighted by Crippen LogP contribution is -2.55. The van der Waals surface area contributed by atoms with Gasteiger partial charge in [0.05, 0.1) is 11.2 Å². The van der Waals surface area contributed by atoms with Crippen LogP contribution in [0.3, 0.4) is 0 Å². The minimum absolute atomic E-state index is 0.00593. The largest absolute Gasteiger partial charge is 0.482 e. The minimum Gasteiger partial charge on any atom is -0.482 e. The molecule has 1 rings (SSSR count). The van der Waals surface area contributed by atoms with Crippen molar-refractivity contribution in [1.82, 2.24) is 10.7 Å². The number of methoxy groups -OCH3 is 1. The Kier molecular flexibility index (Phi) is 1.62. The number of amides is 1. The van der Waals surface area contributed by atoms with Crippen LogP contribution >= 0.6 is 0 Å². The molecule has 0 aromatic carbocycles. The second kappa shape index (κ2) is 3.49. The number of nitrogens with two attached hydrogens (primary N) is 1. The molecule has 0 bridgehead atoms. The highest BCUT2D eigenvalue weighted by molar-refractivity contribution is 5.88. The third kappa shape index (κ3) is 1.81. The van der Waals surface area contributed by atoms with E-state index in [1.807, 2.05) is 5.43 Å². The third-order valence-corrected chi connectivity index (χ3v) is 1.77. The second-order valence-corrected chi connectivity index (χ2v) is 2.79. The number of carbonyl (C=O) groups excluding carboxylic acids is 1. The van der Waals surface area contributed by atoms with Crippen molar-refractivity contribution >= 4 is 5.91 Å². The summed E-state index contributed by atoms with van der Waals surface area (Å²) in [6.07, 6.45) is 4.48. The zero-order valence-electron chi connectivity index (χ0n) is 10.1. The molecular weight excluding hydrogens is 170 g/mol. The maximum absolute atomic E-state index is 11.4. The van der Waals surface area contributed by atoms with E-state index in [9.17, 15) is 4.79 Å². The van der Waals surface area contributed by atoms with Crippen LogP contribution in [-0.2, 0) is 9.53 Å². The van der Waals surface area contributed by atoms with Crippen molar-refractivity contribution in [3.8, 4) is 0 Å². The molecule has 0 aromatic heterocycles. The average molecular weight is 186 g/mol.